The van der Waals surface area contributed by atoms with E-state index in [0.29, 0.717) is 37.4 Å². The van der Waals surface area contributed by atoms with Crippen LogP contribution in [0.2, 0.25) is 0 Å². The monoisotopic (exact) mass is 342 g/mol. The van der Waals surface area contributed by atoms with E-state index in [4.69, 9.17) is 0 Å². The number of Topliss-reactive ketones (excluding diaryl/α,β-unsaturated/α-hetero) is 1. The number of ketones is 1. The molecule has 1 aliphatic rings. The van der Waals surface area contributed by atoms with Gasteiger partial charge in [-0.15, -0.1) is 0 Å². The molecule has 0 atom stereocenters. The van der Waals surface area contributed by atoms with Crippen LogP contribution in [-0.2, 0) is 0 Å². The van der Waals surface area contributed by atoms with Crippen molar-refractivity contribution in [3.8, 4) is 5.75 Å². The summed E-state index contributed by atoms with van der Waals surface area (Å²) in [6.07, 6.45) is 0. The molecule has 25 heavy (non-hydrogen) atoms. The van der Waals surface area contributed by atoms with Gasteiger partial charge in [-0.05, 0) is 37.3 Å². The number of benzene rings is 2. The molecule has 0 bridgehead atoms. The first-order chi connectivity index (χ1) is 12.0. The van der Waals surface area contributed by atoms with Gasteiger partial charge in [0.2, 0.25) is 0 Å². The van der Waals surface area contributed by atoms with Crippen LogP contribution in [0.3, 0.4) is 0 Å². The summed E-state index contributed by atoms with van der Waals surface area (Å²) < 4.78 is 14.3. The number of nitrogens with zero attached hydrogens (tertiary/aromatic N) is 2. The molecule has 2 aromatic rings. The van der Waals surface area contributed by atoms with E-state index in [0.717, 1.165) is 0 Å². The minimum absolute atomic E-state index is 0.0409. The van der Waals surface area contributed by atoms with Crippen LogP contribution < -0.4 is 4.90 Å². The summed E-state index contributed by atoms with van der Waals surface area (Å²) in [5, 5.41) is 9.81. The van der Waals surface area contributed by atoms with E-state index in [1.165, 1.54) is 19.1 Å². The number of phenolic OH excluding ortho intramolecular Hbond substituents is 1. The Morgan fingerprint density at radius 2 is 1.72 bits per heavy atom. The minimum atomic E-state index is -0.437. The largest absolute Gasteiger partial charge is 0.507 e. The van der Waals surface area contributed by atoms with Crippen LogP contribution in [0.1, 0.15) is 27.6 Å². The quantitative estimate of drug-likeness (QED) is 0.872. The topological polar surface area (TPSA) is 60.9 Å². The number of hydrogen-bond acceptors (Lipinski definition) is 4. The fraction of sp³-hybridized carbons (Fsp3) is 0.263. The minimum Gasteiger partial charge on any atom is -0.507 e. The highest BCUT2D eigenvalue weighted by molar-refractivity contribution is 5.97. The highest BCUT2D eigenvalue weighted by atomic mass is 19.1. The van der Waals surface area contributed by atoms with Crippen LogP contribution >= 0.6 is 0 Å². The Kier molecular flexibility index (Phi) is 4.70. The molecule has 2 aromatic carbocycles. The van der Waals surface area contributed by atoms with Gasteiger partial charge in [0.25, 0.3) is 5.91 Å². The van der Waals surface area contributed by atoms with E-state index < -0.39 is 5.82 Å². The van der Waals surface area contributed by atoms with E-state index in [-0.39, 0.29) is 23.0 Å². The molecule has 3 rings (SSSR count). The van der Waals surface area contributed by atoms with E-state index in [2.05, 4.69) is 0 Å². The zero-order chi connectivity index (χ0) is 18.0. The van der Waals surface area contributed by atoms with Crippen molar-refractivity contribution in [2.75, 3.05) is 31.1 Å². The van der Waals surface area contributed by atoms with Crippen molar-refractivity contribution in [2.45, 2.75) is 6.92 Å². The second-order valence-electron chi connectivity index (χ2n) is 6.02. The Morgan fingerprint density at radius 3 is 2.32 bits per heavy atom. The predicted molar refractivity (Wildman–Crippen MR) is 92.6 cm³/mol. The van der Waals surface area contributed by atoms with Crippen LogP contribution in [0, 0.1) is 5.82 Å². The number of aromatic hydroxyl groups is 1. The number of amides is 1. The fourth-order valence-corrected chi connectivity index (χ4v) is 2.96. The van der Waals surface area contributed by atoms with Gasteiger partial charge >= 0.3 is 0 Å². The maximum absolute atomic E-state index is 14.3. The lowest BCUT2D eigenvalue weighted by atomic mass is 10.1. The molecule has 0 aromatic heterocycles. The van der Waals surface area contributed by atoms with Crippen molar-refractivity contribution >= 4 is 17.4 Å². The van der Waals surface area contributed by atoms with Crippen molar-refractivity contribution in [1.29, 1.82) is 0 Å². The summed E-state index contributed by atoms with van der Waals surface area (Å²) in [6.45, 7) is 3.23. The van der Waals surface area contributed by atoms with Crippen LogP contribution in [0.4, 0.5) is 10.1 Å². The molecule has 1 aliphatic heterocycles. The maximum Gasteiger partial charge on any atom is 0.257 e. The number of anilines is 1. The first-order valence-electron chi connectivity index (χ1n) is 8.10. The lowest BCUT2D eigenvalue weighted by molar-refractivity contribution is 0.0743. The summed E-state index contributed by atoms with van der Waals surface area (Å²) in [5.74, 6) is -0.886. The summed E-state index contributed by atoms with van der Waals surface area (Å²) in [6, 6.07) is 10.9. The molecule has 130 valence electrons. The van der Waals surface area contributed by atoms with Gasteiger partial charge in [-0.2, -0.15) is 0 Å². The number of para-hydroxylation sites is 1. The average molecular weight is 342 g/mol. The maximum atomic E-state index is 14.3. The molecule has 1 saturated heterocycles. The van der Waals surface area contributed by atoms with E-state index >= 15 is 0 Å². The summed E-state index contributed by atoms with van der Waals surface area (Å²) >= 11 is 0. The lowest BCUT2D eigenvalue weighted by Gasteiger charge is -2.36. The Morgan fingerprint density at radius 1 is 1.04 bits per heavy atom. The Hall–Kier alpha value is -2.89. The number of rotatable bonds is 3. The fourth-order valence-electron chi connectivity index (χ4n) is 2.96. The highest BCUT2D eigenvalue weighted by Crippen LogP contribution is 2.24. The predicted octanol–water partition coefficient (Wildman–Crippen LogP) is 2.70. The normalized spacial score (nSPS) is 14.5. The number of hydrogen-bond donors (Lipinski definition) is 1. The number of piperazine rings is 1. The third-order valence-electron chi connectivity index (χ3n) is 4.40. The molecular formula is C19H19FN2O3. The molecule has 0 spiro atoms. The van der Waals surface area contributed by atoms with Gasteiger partial charge < -0.3 is 14.9 Å². The van der Waals surface area contributed by atoms with Crippen LogP contribution in [0.25, 0.3) is 0 Å². The molecule has 1 heterocycles. The molecule has 6 heteroatoms. The zero-order valence-electron chi connectivity index (χ0n) is 13.9. The summed E-state index contributed by atoms with van der Waals surface area (Å²) in [5.41, 5.74) is 1.04. The van der Waals surface area contributed by atoms with Gasteiger partial charge in [0.1, 0.15) is 11.6 Å². The molecule has 1 fully saturated rings. The summed E-state index contributed by atoms with van der Waals surface area (Å²) in [4.78, 5) is 27.3. The summed E-state index contributed by atoms with van der Waals surface area (Å²) in [7, 11) is 0. The molecule has 0 unspecified atom stereocenters. The van der Waals surface area contributed by atoms with Crippen molar-refractivity contribution in [3.63, 3.8) is 0 Å². The molecule has 0 aliphatic carbocycles. The first kappa shape index (κ1) is 17.0. The van der Waals surface area contributed by atoms with Crippen LogP contribution in [0.15, 0.2) is 42.5 Å². The number of carbonyl (C=O) groups excluding carboxylic acids is 2. The molecule has 5 nitrogen and oxygen atoms in total. The van der Waals surface area contributed by atoms with Crippen molar-refractivity contribution < 1.29 is 19.1 Å². The first-order valence-corrected chi connectivity index (χ1v) is 8.10. The van der Waals surface area contributed by atoms with Gasteiger partial charge in [0.05, 0.1) is 11.3 Å². The number of carbonyl (C=O) groups is 2. The van der Waals surface area contributed by atoms with Gasteiger partial charge in [0, 0.05) is 31.7 Å². The molecule has 1 N–H and O–H groups in total. The van der Waals surface area contributed by atoms with Gasteiger partial charge in [0.15, 0.2) is 5.78 Å². The number of halogens is 1. The third-order valence-corrected chi connectivity index (χ3v) is 4.40. The van der Waals surface area contributed by atoms with Gasteiger partial charge in [-0.25, -0.2) is 4.39 Å². The van der Waals surface area contributed by atoms with E-state index in [1.807, 2.05) is 4.90 Å². The third kappa shape index (κ3) is 3.47. The van der Waals surface area contributed by atoms with E-state index in [9.17, 15) is 19.1 Å². The van der Waals surface area contributed by atoms with Gasteiger partial charge in [-0.1, -0.05) is 12.1 Å². The lowest BCUT2D eigenvalue weighted by Crippen LogP contribution is -2.49. The van der Waals surface area contributed by atoms with Crippen LogP contribution in [-0.4, -0.2) is 47.9 Å². The smallest absolute Gasteiger partial charge is 0.257 e. The van der Waals surface area contributed by atoms with Crippen molar-refractivity contribution in [1.82, 2.24) is 4.90 Å². The van der Waals surface area contributed by atoms with Crippen LogP contribution in [0.5, 0.6) is 5.75 Å². The second kappa shape index (κ2) is 6.93. The van der Waals surface area contributed by atoms with Crippen molar-refractivity contribution in [3.05, 3.63) is 59.4 Å². The molecule has 1 amide bonds. The Bertz CT molecular complexity index is 814. The van der Waals surface area contributed by atoms with Gasteiger partial charge in [-0.3, -0.25) is 9.59 Å². The SMILES string of the molecule is CC(=O)c1ccc(N2CCN(C(=O)c3ccccc3O)CC2)c(F)c1. The standard InChI is InChI=1S/C19H19FN2O3/c1-13(23)14-6-7-17(16(20)12-14)21-8-10-22(11-9-21)19(25)15-4-2-3-5-18(15)24/h2-7,12,24H,8-11H2,1H3. The molecule has 0 radical (unpaired) electrons. The molecule has 0 saturated carbocycles. The Balaban J connectivity index is 1.69. The van der Waals surface area contributed by atoms with Crippen molar-refractivity contribution in [2.24, 2.45) is 0 Å². The molecular weight excluding hydrogens is 323 g/mol. The van der Waals surface area contributed by atoms with E-state index in [1.54, 1.807) is 35.2 Å². The number of phenols is 1. The highest BCUT2D eigenvalue weighted by Gasteiger charge is 2.25. The Labute approximate surface area is 145 Å². The zero-order valence-corrected chi connectivity index (χ0v) is 13.9. The average Bonchev–Trinajstić information content (AvgIpc) is 2.61. The second-order valence-corrected chi connectivity index (χ2v) is 6.02.